The van der Waals surface area contributed by atoms with E-state index in [-0.39, 0.29) is 11.6 Å². The minimum absolute atomic E-state index is 0.177. The Hall–Kier alpha value is -3.36. The average molecular weight is 387 g/mol. The van der Waals surface area contributed by atoms with Crippen LogP contribution in [0.2, 0.25) is 0 Å². The normalized spacial score (nSPS) is 10.9. The number of hydrogen-bond donors (Lipinski definition) is 1. The van der Waals surface area contributed by atoms with E-state index in [1.807, 2.05) is 6.07 Å². The third-order valence-electron chi connectivity index (χ3n) is 4.32. The maximum atomic E-state index is 13.8. The van der Waals surface area contributed by atoms with Crippen LogP contribution in [0, 0.1) is 39.3 Å². The van der Waals surface area contributed by atoms with Crippen LogP contribution >= 0.6 is 0 Å². The molecule has 0 aliphatic rings. The van der Waals surface area contributed by atoms with Crippen molar-refractivity contribution in [2.45, 2.75) is 34.2 Å². The molecule has 146 valence electrons. The van der Waals surface area contributed by atoms with Crippen molar-refractivity contribution >= 4 is 11.6 Å². The zero-order valence-corrected chi connectivity index (χ0v) is 15.9. The van der Waals surface area contributed by atoms with Crippen LogP contribution < -0.4 is 10.9 Å². The van der Waals surface area contributed by atoms with E-state index in [9.17, 15) is 18.4 Å². The topological polar surface area (TPSA) is 81.8 Å². The first-order valence-electron chi connectivity index (χ1n) is 8.54. The molecular weight excluding hydrogens is 368 g/mol. The molecule has 0 unspecified atom stereocenters. The first-order valence-corrected chi connectivity index (χ1v) is 8.54. The highest BCUT2D eigenvalue weighted by molar-refractivity contribution is 5.90. The van der Waals surface area contributed by atoms with Gasteiger partial charge < -0.3 is 5.32 Å². The van der Waals surface area contributed by atoms with Crippen LogP contribution in [0.3, 0.4) is 0 Å². The lowest BCUT2D eigenvalue weighted by Crippen LogP contribution is -2.34. The van der Waals surface area contributed by atoms with Crippen molar-refractivity contribution in [2.24, 2.45) is 0 Å². The van der Waals surface area contributed by atoms with Crippen LogP contribution in [0.15, 0.2) is 29.1 Å². The molecule has 0 aliphatic heterocycles. The van der Waals surface area contributed by atoms with E-state index in [4.69, 9.17) is 0 Å². The van der Waals surface area contributed by atoms with E-state index >= 15 is 0 Å². The summed E-state index contributed by atoms with van der Waals surface area (Å²) in [6.07, 6.45) is 0. The van der Waals surface area contributed by atoms with Crippen molar-refractivity contribution in [3.63, 3.8) is 0 Å². The summed E-state index contributed by atoms with van der Waals surface area (Å²) in [6, 6.07) is 4.63. The number of anilines is 1. The minimum atomic E-state index is -0.905. The molecule has 1 aromatic carbocycles. The number of nitrogens with one attached hydrogen (secondary N) is 1. The van der Waals surface area contributed by atoms with Gasteiger partial charge in [0.25, 0.3) is 5.56 Å². The Kier molecular flexibility index (Phi) is 5.08. The van der Waals surface area contributed by atoms with Crippen molar-refractivity contribution in [1.82, 2.24) is 19.3 Å². The number of benzene rings is 1. The molecule has 0 radical (unpaired) electrons. The van der Waals surface area contributed by atoms with E-state index in [0.717, 1.165) is 23.5 Å². The SMILES string of the molecule is Cc1cc(C)n(-c2nc(C)c(C)c(=O)n2CC(=O)Nc2ccc(F)cc2F)n1. The lowest BCUT2D eigenvalue weighted by atomic mass is 10.2. The van der Waals surface area contributed by atoms with E-state index in [1.165, 1.54) is 9.25 Å². The zero-order valence-electron chi connectivity index (χ0n) is 15.9. The lowest BCUT2D eigenvalue weighted by molar-refractivity contribution is -0.116. The van der Waals surface area contributed by atoms with Crippen LogP contribution in [0.1, 0.15) is 22.6 Å². The monoisotopic (exact) mass is 387 g/mol. The second-order valence-corrected chi connectivity index (χ2v) is 6.52. The van der Waals surface area contributed by atoms with Gasteiger partial charge in [0, 0.05) is 23.0 Å². The van der Waals surface area contributed by atoms with Crippen molar-refractivity contribution in [3.8, 4) is 5.95 Å². The van der Waals surface area contributed by atoms with Gasteiger partial charge in [-0.1, -0.05) is 0 Å². The summed E-state index contributed by atoms with van der Waals surface area (Å²) in [6.45, 7) is 6.52. The number of rotatable bonds is 4. The Balaban J connectivity index is 2.01. The largest absolute Gasteiger partial charge is 0.322 e. The van der Waals surface area contributed by atoms with Crippen molar-refractivity contribution in [1.29, 1.82) is 0 Å². The molecule has 2 aromatic heterocycles. The van der Waals surface area contributed by atoms with Crippen LogP contribution in [0.25, 0.3) is 5.95 Å². The van der Waals surface area contributed by atoms with E-state index in [2.05, 4.69) is 15.4 Å². The fourth-order valence-electron chi connectivity index (χ4n) is 2.80. The van der Waals surface area contributed by atoms with Gasteiger partial charge in [-0.15, -0.1) is 0 Å². The van der Waals surface area contributed by atoms with Crippen LogP contribution in [0.5, 0.6) is 0 Å². The third kappa shape index (κ3) is 3.68. The molecule has 3 rings (SSSR count). The summed E-state index contributed by atoms with van der Waals surface area (Å²) in [5.41, 5.74) is 1.81. The predicted molar refractivity (Wildman–Crippen MR) is 99.6 cm³/mol. The Bertz CT molecular complexity index is 1130. The fraction of sp³-hybridized carbons (Fsp3) is 0.263. The highest BCUT2D eigenvalue weighted by Gasteiger charge is 2.18. The molecule has 0 aliphatic carbocycles. The van der Waals surface area contributed by atoms with Gasteiger partial charge in [-0.25, -0.2) is 18.4 Å². The quantitative estimate of drug-likeness (QED) is 0.746. The molecule has 3 aromatic rings. The van der Waals surface area contributed by atoms with Gasteiger partial charge in [0.1, 0.15) is 18.2 Å². The standard InChI is InChI=1S/C19H19F2N5O2/c1-10-7-11(2)26(24-10)19-22-13(4)12(3)18(28)25(19)9-17(27)23-16-6-5-14(20)8-15(16)21/h5-8H,9H2,1-4H3,(H,23,27). The number of aryl methyl sites for hydroxylation is 3. The molecule has 0 spiro atoms. The number of carbonyl (C=O) groups is 1. The summed E-state index contributed by atoms with van der Waals surface area (Å²) in [4.78, 5) is 29.7. The van der Waals surface area contributed by atoms with Gasteiger partial charge in [-0.3, -0.25) is 14.2 Å². The lowest BCUT2D eigenvalue weighted by Gasteiger charge is -2.15. The smallest absolute Gasteiger partial charge is 0.258 e. The summed E-state index contributed by atoms with van der Waals surface area (Å²) in [5.74, 6) is -2.12. The van der Waals surface area contributed by atoms with Gasteiger partial charge in [0.2, 0.25) is 11.9 Å². The number of hydrogen-bond acceptors (Lipinski definition) is 4. The molecule has 9 heteroatoms. The van der Waals surface area contributed by atoms with E-state index in [0.29, 0.717) is 17.3 Å². The second kappa shape index (κ2) is 7.34. The first kappa shape index (κ1) is 19.4. The van der Waals surface area contributed by atoms with E-state index in [1.54, 1.807) is 27.7 Å². The number of halogens is 2. The summed E-state index contributed by atoms with van der Waals surface area (Å²) < 4.78 is 29.5. The van der Waals surface area contributed by atoms with E-state index < -0.39 is 29.6 Å². The predicted octanol–water partition coefficient (Wildman–Crippen LogP) is 2.58. The molecule has 28 heavy (non-hydrogen) atoms. The van der Waals surface area contributed by atoms with Crippen molar-refractivity contribution < 1.29 is 13.6 Å². The van der Waals surface area contributed by atoms with Crippen LogP contribution in [0.4, 0.5) is 14.5 Å². The summed E-state index contributed by atoms with van der Waals surface area (Å²) >= 11 is 0. The molecular formula is C19H19F2N5O2. The van der Waals surface area contributed by atoms with Crippen LogP contribution in [-0.4, -0.2) is 25.2 Å². The Morgan fingerprint density at radius 1 is 1.14 bits per heavy atom. The Labute approximate surface area is 159 Å². The van der Waals surface area contributed by atoms with Gasteiger partial charge >= 0.3 is 0 Å². The molecule has 0 saturated heterocycles. The molecule has 0 fully saturated rings. The number of nitrogens with zero attached hydrogens (tertiary/aromatic N) is 4. The molecule has 1 amide bonds. The van der Waals surface area contributed by atoms with Crippen LogP contribution in [-0.2, 0) is 11.3 Å². The first-order chi connectivity index (χ1) is 13.2. The van der Waals surface area contributed by atoms with Gasteiger partial charge in [0.05, 0.1) is 11.4 Å². The Morgan fingerprint density at radius 2 is 1.86 bits per heavy atom. The molecule has 1 N–H and O–H groups in total. The number of aromatic nitrogens is 4. The van der Waals surface area contributed by atoms with Gasteiger partial charge in [0.15, 0.2) is 0 Å². The highest BCUT2D eigenvalue weighted by atomic mass is 19.1. The highest BCUT2D eigenvalue weighted by Crippen LogP contribution is 2.15. The summed E-state index contributed by atoms with van der Waals surface area (Å²) in [7, 11) is 0. The third-order valence-corrected chi connectivity index (χ3v) is 4.32. The fourth-order valence-corrected chi connectivity index (χ4v) is 2.80. The van der Waals surface area contributed by atoms with Crippen molar-refractivity contribution in [2.75, 3.05) is 5.32 Å². The molecule has 7 nitrogen and oxygen atoms in total. The maximum absolute atomic E-state index is 13.8. The van der Waals surface area contributed by atoms with Crippen molar-refractivity contribution in [3.05, 3.63) is 68.9 Å². The molecule has 0 bridgehead atoms. The second-order valence-electron chi connectivity index (χ2n) is 6.52. The molecule has 0 saturated carbocycles. The number of carbonyl (C=O) groups excluding carboxylic acids is 1. The average Bonchev–Trinajstić information content (AvgIpc) is 2.96. The summed E-state index contributed by atoms with van der Waals surface area (Å²) in [5, 5.41) is 6.68. The van der Waals surface area contributed by atoms with Gasteiger partial charge in [-0.2, -0.15) is 5.10 Å². The molecule has 2 heterocycles. The zero-order chi connectivity index (χ0) is 20.6. The molecule has 0 atom stereocenters. The Morgan fingerprint density at radius 3 is 2.46 bits per heavy atom. The van der Waals surface area contributed by atoms with Gasteiger partial charge in [-0.05, 0) is 45.9 Å². The minimum Gasteiger partial charge on any atom is -0.322 e. The number of amides is 1. The maximum Gasteiger partial charge on any atom is 0.258 e.